The molecule has 1 heterocycles. The van der Waals surface area contributed by atoms with Crippen molar-refractivity contribution in [2.45, 2.75) is 46.2 Å². The summed E-state index contributed by atoms with van der Waals surface area (Å²) in [6.45, 7) is 8.81. The van der Waals surface area contributed by atoms with Crippen molar-refractivity contribution in [3.63, 3.8) is 0 Å². The molecule has 0 radical (unpaired) electrons. The van der Waals surface area contributed by atoms with E-state index in [2.05, 4.69) is 35.6 Å². The Morgan fingerprint density at radius 3 is 2.81 bits per heavy atom. The molecule has 1 aromatic rings. The van der Waals surface area contributed by atoms with E-state index in [1.54, 1.807) is 0 Å². The van der Waals surface area contributed by atoms with Crippen molar-refractivity contribution in [2.75, 3.05) is 6.54 Å². The standard InChI is InChI=1S/C13H23N3/c1-10(2)16-9-15-8-13(16)7-14-6-11(3)12-4-5-12/h8-12,14H,4-7H2,1-3H3. The number of nitrogens with one attached hydrogen (secondary N) is 1. The molecular weight excluding hydrogens is 198 g/mol. The summed E-state index contributed by atoms with van der Waals surface area (Å²) in [7, 11) is 0. The summed E-state index contributed by atoms with van der Waals surface area (Å²) >= 11 is 0. The molecule has 90 valence electrons. The van der Waals surface area contributed by atoms with E-state index >= 15 is 0 Å². The maximum Gasteiger partial charge on any atom is 0.0951 e. The first-order chi connectivity index (χ1) is 7.68. The summed E-state index contributed by atoms with van der Waals surface area (Å²) in [4.78, 5) is 4.21. The highest BCUT2D eigenvalue weighted by molar-refractivity contribution is 4.99. The molecule has 16 heavy (non-hydrogen) atoms. The van der Waals surface area contributed by atoms with Gasteiger partial charge in [0, 0.05) is 18.8 Å². The van der Waals surface area contributed by atoms with Crippen molar-refractivity contribution in [1.82, 2.24) is 14.9 Å². The molecule has 0 aromatic carbocycles. The first-order valence-corrected chi connectivity index (χ1v) is 6.40. The van der Waals surface area contributed by atoms with Crippen molar-refractivity contribution in [3.05, 3.63) is 18.2 Å². The van der Waals surface area contributed by atoms with Gasteiger partial charge in [-0.2, -0.15) is 0 Å². The number of nitrogens with zero attached hydrogens (tertiary/aromatic N) is 2. The number of rotatable bonds is 6. The fourth-order valence-corrected chi connectivity index (χ4v) is 2.19. The summed E-state index contributed by atoms with van der Waals surface area (Å²) in [6.07, 6.45) is 6.76. The Morgan fingerprint density at radius 2 is 2.19 bits per heavy atom. The Morgan fingerprint density at radius 1 is 1.44 bits per heavy atom. The molecular formula is C13H23N3. The third kappa shape index (κ3) is 2.85. The number of hydrogen-bond donors (Lipinski definition) is 1. The van der Waals surface area contributed by atoms with Gasteiger partial charge in [0.25, 0.3) is 0 Å². The second-order valence-electron chi connectivity index (χ2n) is 5.33. The molecule has 3 nitrogen and oxygen atoms in total. The van der Waals surface area contributed by atoms with Gasteiger partial charge < -0.3 is 9.88 Å². The zero-order valence-corrected chi connectivity index (χ0v) is 10.6. The second-order valence-corrected chi connectivity index (χ2v) is 5.33. The maximum atomic E-state index is 4.21. The Labute approximate surface area is 98.3 Å². The average Bonchev–Trinajstić information content (AvgIpc) is 2.98. The van der Waals surface area contributed by atoms with E-state index in [1.165, 1.54) is 18.5 Å². The molecule has 1 aliphatic carbocycles. The topological polar surface area (TPSA) is 29.9 Å². The van der Waals surface area contributed by atoms with E-state index in [4.69, 9.17) is 0 Å². The first kappa shape index (κ1) is 11.6. The lowest BCUT2D eigenvalue weighted by Gasteiger charge is -2.14. The predicted octanol–water partition coefficient (Wildman–Crippen LogP) is 2.60. The molecule has 0 aliphatic heterocycles. The van der Waals surface area contributed by atoms with E-state index in [1.807, 2.05) is 12.5 Å². The fraction of sp³-hybridized carbons (Fsp3) is 0.769. The summed E-state index contributed by atoms with van der Waals surface area (Å²) in [6, 6.07) is 0.500. The van der Waals surface area contributed by atoms with Crippen LogP contribution in [0.3, 0.4) is 0 Å². The minimum Gasteiger partial charge on any atom is -0.331 e. The van der Waals surface area contributed by atoms with E-state index in [-0.39, 0.29) is 0 Å². The normalized spacial score (nSPS) is 18.0. The molecule has 1 aromatic heterocycles. The molecule has 1 aliphatic rings. The summed E-state index contributed by atoms with van der Waals surface area (Å²) in [5.74, 6) is 1.82. The van der Waals surface area contributed by atoms with Gasteiger partial charge in [-0.25, -0.2) is 4.98 Å². The van der Waals surface area contributed by atoms with Crippen LogP contribution in [-0.4, -0.2) is 16.1 Å². The van der Waals surface area contributed by atoms with Gasteiger partial charge in [0.05, 0.1) is 12.0 Å². The number of imidazole rings is 1. The Hall–Kier alpha value is -0.830. The molecule has 1 atom stereocenters. The van der Waals surface area contributed by atoms with Crippen molar-refractivity contribution in [3.8, 4) is 0 Å². The van der Waals surface area contributed by atoms with Crippen LogP contribution in [-0.2, 0) is 6.54 Å². The smallest absolute Gasteiger partial charge is 0.0951 e. The highest BCUT2D eigenvalue weighted by Crippen LogP contribution is 2.36. The van der Waals surface area contributed by atoms with Crippen LogP contribution in [0.1, 0.15) is 45.3 Å². The average molecular weight is 221 g/mol. The quantitative estimate of drug-likeness (QED) is 0.800. The molecule has 0 saturated heterocycles. The summed E-state index contributed by atoms with van der Waals surface area (Å²) in [5.41, 5.74) is 1.29. The van der Waals surface area contributed by atoms with Crippen molar-refractivity contribution in [2.24, 2.45) is 11.8 Å². The second kappa shape index (κ2) is 5.00. The van der Waals surface area contributed by atoms with Crippen LogP contribution < -0.4 is 5.32 Å². The van der Waals surface area contributed by atoms with Crippen molar-refractivity contribution >= 4 is 0 Å². The van der Waals surface area contributed by atoms with Crippen LogP contribution in [0.2, 0.25) is 0 Å². The van der Waals surface area contributed by atoms with Crippen LogP contribution in [0.25, 0.3) is 0 Å². The minimum absolute atomic E-state index is 0.500. The van der Waals surface area contributed by atoms with Gasteiger partial charge in [0.2, 0.25) is 0 Å². The van der Waals surface area contributed by atoms with Gasteiger partial charge in [-0.1, -0.05) is 6.92 Å². The molecule has 3 heteroatoms. The number of aromatic nitrogens is 2. The minimum atomic E-state index is 0.500. The van der Waals surface area contributed by atoms with Gasteiger partial charge in [0.15, 0.2) is 0 Å². The molecule has 1 fully saturated rings. The zero-order chi connectivity index (χ0) is 11.5. The van der Waals surface area contributed by atoms with Crippen molar-refractivity contribution in [1.29, 1.82) is 0 Å². The fourth-order valence-electron chi connectivity index (χ4n) is 2.19. The molecule has 2 rings (SSSR count). The number of hydrogen-bond acceptors (Lipinski definition) is 2. The highest BCUT2D eigenvalue weighted by atomic mass is 15.1. The van der Waals surface area contributed by atoms with E-state index in [0.717, 1.165) is 24.9 Å². The molecule has 0 bridgehead atoms. The van der Waals surface area contributed by atoms with E-state index in [0.29, 0.717) is 6.04 Å². The lowest BCUT2D eigenvalue weighted by molar-refractivity contribution is 0.452. The van der Waals surface area contributed by atoms with Crippen LogP contribution in [0, 0.1) is 11.8 Å². The lowest BCUT2D eigenvalue weighted by Crippen LogP contribution is -2.23. The molecule has 1 unspecified atom stereocenters. The van der Waals surface area contributed by atoms with Gasteiger partial charge in [-0.05, 0) is 45.1 Å². The monoisotopic (exact) mass is 221 g/mol. The van der Waals surface area contributed by atoms with Gasteiger partial charge in [0.1, 0.15) is 0 Å². The molecule has 1 saturated carbocycles. The van der Waals surface area contributed by atoms with Crippen LogP contribution in [0.15, 0.2) is 12.5 Å². The predicted molar refractivity (Wildman–Crippen MR) is 66.2 cm³/mol. The van der Waals surface area contributed by atoms with E-state index in [9.17, 15) is 0 Å². The largest absolute Gasteiger partial charge is 0.331 e. The summed E-state index contributed by atoms with van der Waals surface area (Å²) < 4.78 is 2.23. The van der Waals surface area contributed by atoms with Gasteiger partial charge in [-0.15, -0.1) is 0 Å². The summed E-state index contributed by atoms with van der Waals surface area (Å²) in [5, 5.41) is 3.54. The Kier molecular flexibility index (Phi) is 3.64. The van der Waals surface area contributed by atoms with Crippen LogP contribution in [0.4, 0.5) is 0 Å². The van der Waals surface area contributed by atoms with Gasteiger partial charge in [-0.3, -0.25) is 0 Å². The Balaban J connectivity index is 1.77. The van der Waals surface area contributed by atoms with Crippen LogP contribution >= 0.6 is 0 Å². The Bertz CT molecular complexity index is 326. The SMILES string of the molecule is CC(CNCc1cncn1C(C)C)C1CC1. The highest BCUT2D eigenvalue weighted by Gasteiger charge is 2.27. The van der Waals surface area contributed by atoms with E-state index < -0.39 is 0 Å². The molecule has 1 N–H and O–H groups in total. The first-order valence-electron chi connectivity index (χ1n) is 6.40. The third-order valence-corrected chi connectivity index (χ3v) is 3.50. The molecule has 0 amide bonds. The lowest BCUT2D eigenvalue weighted by atomic mass is 10.1. The van der Waals surface area contributed by atoms with Crippen LogP contribution in [0.5, 0.6) is 0 Å². The molecule has 0 spiro atoms. The van der Waals surface area contributed by atoms with Gasteiger partial charge >= 0.3 is 0 Å². The van der Waals surface area contributed by atoms with Crippen molar-refractivity contribution < 1.29 is 0 Å². The zero-order valence-electron chi connectivity index (χ0n) is 10.6. The maximum absolute atomic E-state index is 4.21. The third-order valence-electron chi connectivity index (χ3n) is 3.50.